The molecule has 0 aliphatic carbocycles. The summed E-state index contributed by atoms with van der Waals surface area (Å²) in [5, 5.41) is 11.0. The third-order valence-corrected chi connectivity index (χ3v) is 3.43. The van der Waals surface area contributed by atoms with E-state index in [2.05, 4.69) is 16.0 Å². The Labute approximate surface area is 121 Å². The molecule has 0 spiro atoms. The largest absolute Gasteiger partial charge is 0.292 e. The summed E-state index contributed by atoms with van der Waals surface area (Å²) in [6.45, 7) is 3.70. The lowest BCUT2D eigenvalue weighted by Crippen LogP contribution is -2.01. The van der Waals surface area contributed by atoms with E-state index in [0.29, 0.717) is 23.1 Å². The molecule has 0 unspecified atom stereocenters. The molecule has 2 aromatic heterocycles. The summed E-state index contributed by atoms with van der Waals surface area (Å²) in [6.07, 6.45) is 2.00. The van der Waals surface area contributed by atoms with Gasteiger partial charge in [-0.15, -0.1) is 0 Å². The van der Waals surface area contributed by atoms with Crippen molar-refractivity contribution in [2.75, 3.05) is 0 Å². The molecule has 0 amide bonds. The van der Waals surface area contributed by atoms with Crippen molar-refractivity contribution in [3.63, 3.8) is 0 Å². The van der Waals surface area contributed by atoms with Crippen LogP contribution in [0.25, 0.3) is 16.9 Å². The summed E-state index contributed by atoms with van der Waals surface area (Å²) < 4.78 is 1.92. The Bertz CT molecular complexity index is 825. The molecule has 3 aromatic rings. The molecule has 21 heavy (non-hydrogen) atoms. The maximum atomic E-state index is 11.0. The van der Waals surface area contributed by atoms with E-state index in [9.17, 15) is 10.1 Å². The Balaban J connectivity index is 2.35. The predicted molar refractivity (Wildman–Crippen MR) is 78.5 cm³/mol. The van der Waals surface area contributed by atoms with Gasteiger partial charge in [-0.3, -0.25) is 14.7 Å². The maximum absolute atomic E-state index is 11.0. The van der Waals surface area contributed by atoms with Gasteiger partial charge in [0.25, 0.3) is 5.69 Å². The van der Waals surface area contributed by atoms with E-state index < -0.39 is 4.92 Å². The summed E-state index contributed by atoms with van der Waals surface area (Å²) in [5.41, 5.74) is 2.64. The summed E-state index contributed by atoms with van der Waals surface area (Å²) in [6, 6.07) is 10.5. The van der Waals surface area contributed by atoms with Gasteiger partial charge in [0, 0.05) is 12.1 Å². The number of aromatic nitrogens is 3. The molecule has 105 valence electrons. The topological polar surface area (TPSA) is 73.8 Å². The van der Waals surface area contributed by atoms with Crippen LogP contribution in [0.1, 0.15) is 18.3 Å². The fourth-order valence-corrected chi connectivity index (χ4v) is 2.38. The highest BCUT2D eigenvalue weighted by Crippen LogP contribution is 2.27. The van der Waals surface area contributed by atoms with Gasteiger partial charge in [0.1, 0.15) is 17.5 Å². The van der Waals surface area contributed by atoms with E-state index in [1.165, 1.54) is 6.20 Å². The molecule has 6 nitrogen and oxygen atoms in total. The normalized spacial score (nSPS) is 11.0. The number of nitro groups is 1. The summed E-state index contributed by atoms with van der Waals surface area (Å²) in [5.74, 6) is 0.820. The Kier molecular flexibility index (Phi) is 3.13. The lowest BCUT2D eigenvalue weighted by molar-refractivity contribution is -0.385. The van der Waals surface area contributed by atoms with Crippen LogP contribution in [-0.2, 0) is 6.42 Å². The molecule has 2 heterocycles. The van der Waals surface area contributed by atoms with Gasteiger partial charge in [-0.1, -0.05) is 19.1 Å². The first-order valence-corrected chi connectivity index (χ1v) is 6.61. The van der Waals surface area contributed by atoms with E-state index >= 15 is 0 Å². The first-order valence-electron chi connectivity index (χ1n) is 6.61. The van der Waals surface area contributed by atoms with Crippen molar-refractivity contribution in [3.8, 4) is 5.69 Å². The second kappa shape index (κ2) is 4.97. The smallest absolute Gasteiger partial charge is 0.281 e. The van der Waals surface area contributed by atoms with E-state index in [0.717, 1.165) is 11.5 Å². The SMILES string of the molecule is CCc1nc2c(C)c([N+](=O)[O-])cnc2n1-c1c[c]ccc1. The van der Waals surface area contributed by atoms with Crippen LogP contribution in [0.3, 0.4) is 0 Å². The van der Waals surface area contributed by atoms with Crippen LogP contribution < -0.4 is 0 Å². The monoisotopic (exact) mass is 281 g/mol. The number of pyridine rings is 1. The molecular formula is C15H13N4O2. The van der Waals surface area contributed by atoms with Crippen molar-refractivity contribution in [1.82, 2.24) is 14.5 Å². The number of benzene rings is 1. The molecule has 0 bridgehead atoms. The lowest BCUT2D eigenvalue weighted by atomic mass is 10.2. The average molecular weight is 281 g/mol. The average Bonchev–Trinajstić information content (AvgIpc) is 2.87. The van der Waals surface area contributed by atoms with E-state index in [4.69, 9.17) is 0 Å². The number of nitrogens with zero attached hydrogens (tertiary/aromatic N) is 4. The van der Waals surface area contributed by atoms with Crippen LogP contribution in [0.4, 0.5) is 5.69 Å². The van der Waals surface area contributed by atoms with Crippen LogP contribution >= 0.6 is 0 Å². The zero-order chi connectivity index (χ0) is 15.0. The number of hydrogen-bond acceptors (Lipinski definition) is 4. The van der Waals surface area contributed by atoms with Crippen LogP contribution in [0.15, 0.2) is 30.5 Å². The molecule has 0 N–H and O–H groups in total. The Morgan fingerprint density at radius 3 is 2.90 bits per heavy atom. The van der Waals surface area contributed by atoms with Gasteiger partial charge in [-0.05, 0) is 25.1 Å². The number of rotatable bonds is 3. The standard InChI is InChI=1S/C15H13N4O2/c1-3-13-17-14-10(2)12(19(20)21)9-16-15(14)18(13)11-7-5-4-6-8-11/h4-5,7-9H,3H2,1-2H3. The zero-order valence-corrected chi connectivity index (χ0v) is 11.7. The summed E-state index contributed by atoms with van der Waals surface area (Å²) in [4.78, 5) is 19.4. The van der Waals surface area contributed by atoms with Crippen molar-refractivity contribution in [3.05, 3.63) is 58.0 Å². The van der Waals surface area contributed by atoms with Gasteiger partial charge < -0.3 is 0 Å². The Morgan fingerprint density at radius 2 is 2.29 bits per heavy atom. The van der Waals surface area contributed by atoms with E-state index in [-0.39, 0.29) is 5.69 Å². The van der Waals surface area contributed by atoms with Gasteiger partial charge >= 0.3 is 0 Å². The molecule has 1 radical (unpaired) electrons. The van der Waals surface area contributed by atoms with Crippen molar-refractivity contribution in [1.29, 1.82) is 0 Å². The van der Waals surface area contributed by atoms with Crippen molar-refractivity contribution >= 4 is 16.9 Å². The van der Waals surface area contributed by atoms with Crippen molar-refractivity contribution in [2.24, 2.45) is 0 Å². The third kappa shape index (κ3) is 2.05. The fourth-order valence-electron chi connectivity index (χ4n) is 2.38. The number of hydrogen-bond donors (Lipinski definition) is 0. The molecule has 6 heteroatoms. The molecule has 0 saturated carbocycles. The second-order valence-electron chi connectivity index (χ2n) is 4.68. The highest BCUT2D eigenvalue weighted by Gasteiger charge is 2.20. The quantitative estimate of drug-likeness (QED) is 0.546. The van der Waals surface area contributed by atoms with Gasteiger partial charge in [-0.2, -0.15) is 0 Å². The number of imidazole rings is 1. The first kappa shape index (κ1) is 13.2. The highest BCUT2D eigenvalue weighted by molar-refractivity contribution is 5.80. The van der Waals surface area contributed by atoms with Gasteiger partial charge in [-0.25, -0.2) is 9.97 Å². The van der Waals surface area contributed by atoms with Crippen LogP contribution in [0.5, 0.6) is 0 Å². The molecule has 3 rings (SSSR count). The van der Waals surface area contributed by atoms with Crippen molar-refractivity contribution < 1.29 is 4.92 Å². The van der Waals surface area contributed by atoms with Gasteiger partial charge in [0.05, 0.1) is 10.5 Å². The number of aryl methyl sites for hydroxylation is 2. The zero-order valence-electron chi connectivity index (χ0n) is 11.7. The molecule has 0 atom stereocenters. The second-order valence-corrected chi connectivity index (χ2v) is 4.68. The van der Waals surface area contributed by atoms with Crippen LogP contribution in [0.2, 0.25) is 0 Å². The minimum atomic E-state index is -0.428. The molecule has 0 saturated heterocycles. The van der Waals surface area contributed by atoms with Crippen LogP contribution in [0, 0.1) is 23.1 Å². The minimum Gasteiger partial charge on any atom is -0.281 e. The number of fused-ring (bicyclic) bond motifs is 1. The molecule has 0 fully saturated rings. The molecule has 0 aliphatic heterocycles. The lowest BCUT2D eigenvalue weighted by Gasteiger charge is -2.06. The van der Waals surface area contributed by atoms with Crippen LogP contribution in [-0.4, -0.2) is 19.5 Å². The van der Waals surface area contributed by atoms with E-state index in [1.54, 1.807) is 6.92 Å². The van der Waals surface area contributed by atoms with Crippen molar-refractivity contribution in [2.45, 2.75) is 20.3 Å². The minimum absolute atomic E-state index is 0.00516. The summed E-state index contributed by atoms with van der Waals surface area (Å²) >= 11 is 0. The Hall–Kier alpha value is -2.76. The predicted octanol–water partition coefficient (Wildman–Crippen LogP) is 3.00. The fraction of sp³-hybridized carbons (Fsp3) is 0.200. The van der Waals surface area contributed by atoms with Gasteiger partial charge in [0.2, 0.25) is 0 Å². The molecule has 1 aromatic carbocycles. The maximum Gasteiger partial charge on any atom is 0.292 e. The van der Waals surface area contributed by atoms with Gasteiger partial charge in [0.15, 0.2) is 5.65 Å². The first-order chi connectivity index (χ1) is 10.1. The summed E-state index contributed by atoms with van der Waals surface area (Å²) in [7, 11) is 0. The molecule has 0 aliphatic rings. The molecular weight excluding hydrogens is 268 g/mol. The third-order valence-electron chi connectivity index (χ3n) is 3.43. The van der Waals surface area contributed by atoms with E-state index in [1.807, 2.05) is 35.8 Å². The Morgan fingerprint density at radius 1 is 1.48 bits per heavy atom. The highest BCUT2D eigenvalue weighted by atomic mass is 16.6.